The number of halogens is 2. The minimum atomic E-state index is 0.368. The van der Waals surface area contributed by atoms with Gasteiger partial charge in [-0.2, -0.15) is 0 Å². The van der Waals surface area contributed by atoms with Crippen molar-refractivity contribution >= 4 is 33.2 Å². The Morgan fingerprint density at radius 3 is 2.88 bits per heavy atom. The average molecular weight is 314 g/mol. The monoisotopic (exact) mass is 312 g/mol. The van der Waals surface area contributed by atoms with Crippen LogP contribution in [0, 0.1) is 0 Å². The Labute approximate surface area is 113 Å². The molecule has 1 aromatic carbocycles. The Kier molecular flexibility index (Phi) is 3.86. The van der Waals surface area contributed by atoms with Crippen LogP contribution in [0.3, 0.4) is 0 Å². The van der Waals surface area contributed by atoms with E-state index in [2.05, 4.69) is 20.9 Å². The van der Waals surface area contributed by atoms with Crippen LogP contribution in [-0.4, -0.2) is 4.98 Å². The lowest BCUT2D eigenvalue weighted by Gasteiger charge is -2.09. The molecule has 0 spiro atoms. The van der Waals surface area contributed by atoms with Gasteiger partial charge in [0.2, 0.25) is 0 Å². The summed E-state index contributed by atoms with van der Waals surface area (Å²) >= 11 is 9.31. The van der Waals surface area contributed by atoms with Crippen LogP contribution in [0.1, 0.15) is 5.56 Å². The van der Waals surface area contributed by atoms with Crippen LogP contribution in [-0.2, 0) is 6.61 Å². The van der Waals surface area contributed by atoms with Gasteiger partial charge in [0.1, 0.15) is 12.4 Å². The molecule has 2 aromatic rings. The van der Waals surface area contributed by atoms with Gasteiger partial charge in [-0.15, -0.1) is 0 Å². The zero-order valence-electron chi connectivity index (χ0n) is 8.86. The van der Waals surface area contributed by atoms with E-state index in [1.807, 2.05) is 18.2 Å². The smallest absolute Gasteiger partial charge is 0.142 e. The molecule has 0 radical (unpaired) electrons. The zero-order valence-corrected chi connectivity index (χ0v) is 11.2. The summed E-state index contributed by atoms with van der Waals surface area (Å²) in [6, 6.07) is 7.30. The van der Waals surface area contributed by atoms with E-state index in [1.165, 1.54) is 0 Å². The van der Waals surface area contributed by atoms with Gasteiger partial charge in [-0.3, -0.25) is 4.98 Å². The standard InChI is InChI=1S/C12H10BrClN2O/c13-9-1-2-12(11(15)5-9)17-7-8-3-4-16-6-10(8)14/h1-6H,7,15H2. The van der Waals surface area contributed by atoms with Gasteiger partial charge < -0.3 is 10.5 Å². The molecule has 2 rings (SSSR count). The number of anilines is 1. The van der Waals surface area contributed by atoms with E-state index >= 15 is 0 Å². The Morgan fingerprint density at radius 1 is 1.35 bits per heavy atom. The number of pyridine rings is 1. The molecular weight excluding hydrogens is 304 g/mol. The first-order valence-corrected chi connectivity index (χ1v) is 6.10. The Balaban J connectivity index is 2.10. The van der Waals surface area contributed by atoms with E-state index in [4.69, 9.17) is 22.1 Å². The molecular formula is C12H10BrClN2O. The third-order valence-electron chi connectivity index (χ3n) is 2.21. The van der Waals surface area contributed by atoms with Crippen molar-refractivity contribution in [3.63, 3.8) is 0 Å². The Morgan fingerprint density at radius 2 is 2.18 bits per heavy atom. The summed E-state index contributed by atoms with van der Waals surface area (Å²) < 4.78 is 6.52. The van der Waals surface area contributed by atoms with Gasteiger partial charge in [0, 0.05) is 22.4 Å². The molecule has 88 valence electrons. The van der Waals surface area contributed by atoms with Crippen molar-refractivity contribution in [2.75, 3.05) is 5.73 Å². The van der Waals surface area contributed by atoms with E-state index in [-0.39, 0.29) is 0 Å². The number of ether oxygens (including phenoxy) is 1. The second kappa shape index (κ2) is 5.38. The first kappa shape index (κ1) is 12.2. The van der Waals surface area contributed by atoms with Crippen LogP contribution in [0.25, 0.3) is 0 Å². The maximum Gasteiger partial charge on any atom is 0.142 e. The molecule has 0 atom stereocenters. The van der Waals surface area contributed by atoms with Crippen LogP contribution in [0.4, 0.5) is 5.69 Å². The molecule has 0 aliphatic carbocycles. The molecule has 0 amide bonds. The lowest BCUT2D eigenvalue weighted by molar-refractivity contribution is 0.308. The van der Waals surface area contributed by atoms with Gasteiger partial charge in [0.25, 0.3) is 0 Å². The maximum atomic E-state index is 5.97. The summed E-state index contributed by atoms with van der Waals surface area (Å²) in [4.78, 5) is 3.91. The Bertz CT molecular complexity index is 534. The molecule has 3 nitrogen and oxygen atoms in total. The average Bonchev–Trinajstić information content (AvgIpc) is 2.30. The summed E-state index contributed by atoms with van der Waals surface area (Å²) in [5.41, 5.74) is 7.29. The predicted octanol–water partition coefficient (Wildman–Crippen LogP) is 3.66. The number of nitrogens with zero attached hydrogens (tertiary/aromatic N) is 1. The summed E-state index contributed by atoms with van der Waals surface area (Å²) in [6.07, 6.45) is 3.26. The van der Waals surface area contributed by atoms with Crippen LogP contribution < -0.4 is 10.5 Å². The summed E-state index contributed by atoms with van der Waals surface area (Å²) in [5, 5.41) is 0.586. The molecule has 0 saturated heterocycles. The number of benzene rings is 1. The molecule has 1 heterocycles. The fourth-order valence-electron chi connectivity index (χ4n) is 1.33. The van der Waals surface area contributed by atoms with Crippen LogP contribution in [0.2, 0.25) is 5.02 Å². The highest BCUT2D eigenvalue weighted by molar-refractivity contribution is 9.10. The highest BCUT2D eigenvalue weighted by atomic mass is 79.9. The molecule has 0 saturated carbocycles. The summed E-state index contributed by atoms with van der Waals surface area (Å²) in [7, 11) is 0. The number of hydrogen-bond donors (Lipinski definition) is 1. The molecule has 1 aromatic heterocycles. The van der Waals surface area contributed by atoms with E-state index in [0.29, 0.717) is 23.1 Å². The second-order valence-electron chi connectivity index (χ2n) is 3.44. The number of nitrogen functional groups attached to an aromatic ring is 1. The highest BCUT2D eigenvalue weighted by Gasteiger charge is 2.04. The van der Waals surface area contributed by atoms with Crippen molar-refractivity contribution in [2.45, 2.75) is 6.61 Å². The third kappa shape index (κ3) is 3.11. The number of rotatable bonds is 3. The molecule has 0 bridgehead atoms. The third-order valence-corrected chi connectivity index (χ3v) is 3.05. The molecule has 0 fully saturated rings. The molecule has 17 heavy (non-hydrogen) atoms. The van der Waals surface area contributed by atoms with Crippen molar-refractivity contribution in [1.29, 1.82) is 0 Å². The van der Waals surface area contributed by atoms with E-state index in [1.54, 1.807) is 18.5 Å². The lowest BCUT2D eigenvalue weighted by Crippen LogP contribution is -1.99. The SMILES string of the molecule is Nc1cc(Br)ccc1OCc1ccncc1Cl. The molecule has 2 N–H and O–H groups in total. The van der Waals surface area contributed by atoms with Crippen molar-refractivity contribution < 1.29 is 4.74 Å². The van der Waals surface area contributed by atoms with Crippen molar-refractivity contribution in [3.05, 3.63) is 51.7 Å². The van der Waals surface area contributed by atoms with Gasteiger partial charge >= 0.3 is 0 Å². The van der Waals surface area contributed by atoms with Crippen LogP contribution >= 0.6 is 27.5 Å². The van der Waals surface area contributed by atoms with E-state index < -0.39 is 0 Å². The van der Waals surface area contributed by atoms with E-state index in [0.717, 1.165) is 10.0 Å². The summed E-state index contributed by atoms with van der Waals surface area (Å²) in [6.45, 7) is 0.368. The molecule has 0 aliphatic heterocycles. The van der Waals surface area contributed by atoms with Crippen molar-refractivity contribution in [2.24, 2.45) is 0 Å². The zero-order chi connectivity index (χ0) is 12.3. The van der Waals surface area contributed by atoms with Gasteiger partial charge in [-0.05, 0) is 24.3 Å². The first-order chi connectivity index (χ1) is 8.16. The van der Waals surface area contributed by atoms with Gasteiger partial charge in [0.15, 0.2) is 0 Å². The van der Waals surface area contributed by atoms with Crippen LogP contribution in [0.15, 0.2) is 41.1 Å². The normalized spacial score (nSPS) is 10.2. The fraction of sp³-hybridized carbons (Fsp3) is 0.0833. The molecule has 0 unspecified atom stereocenters. The number of hydrogen-bond acceptors (Lipinski definition) is 3. The fourth-order valence-corrected chi connectivity index (χ4v) is 1.88. The van der Waals surface area contributed by atoms with Gasteiger partial charge in [-0.25, -0.2) is 0 Å². The maximum absolute atomic E-state index is 5.97. The number of nitrogens with two attached hydrogens (primary N) is 1. The van der Waals surface area contributed by atoms with E-state index in [9.17, 15) is 0 Å². The minimum absolute atomic E-state index is 0.368. The van der Waals surface area contributed by atoms with Gasteiger partial charge in [-0.1, -0.05) is 27.5 Å². The Hall–Kier alpha value is -1.26. The molecule has 0 aliphatic rings. The largest absolute Gasteiger partial charge is 0.487 e. The lowest BCUT2D eigenvalue weighted by atomic mass is 10.3. The highest BCUT2D eigenvalue weighted by Crippen LogP contribution is 2.26. The topological polar surface area (TPSA) is 48.1 Å². The first-order valence-electron chi connectivity index (χ1n) is 4.93. The van der Waals surface area contributed by atoms with Crippen molar-refractivity contribution in [3.8, 4) is 5.75 Å². The number of aromatic nitrogens is 1. The second-order valence-corrected chi connectivity index (χ2v) is 4.76. The molecule has 5 heteroatoms. The minimum Gasteiger partial charge on any atom is -0.487 e. The van der Waals surface area contributed by atoms with Gasteiger partial charge in [0.05, 0.1) is 10.7 Å². The predicted molar refractivity (Wildman–Crippen MR) is 72.1 cm³/mol. The summed E-state index contributed by atoms with van der Waals surface area (Å²) in [5.74, 6) is 0.640. The van der Waals surface area contributed by atoms with Crippen LogP contribution in [0.5, 0.6) is 5.75 Å². The van der Waals surface area contributed by atoms with Crippen molar-refractivity contribution in [1.82, 2.24) is 4.98 Å². The quantitative estimate of drug-likeness (QED) is 0.880.